The van der Waals surface area contributed by atoms with Gasteiger partial charge in [0.2, 0.25) is 5.91 Å². The number of rotatable bonds is 7. The molecule has 1 rings (SSSR count). The fourth-order valence-corrected chi connectivity index (χ4v) is 2.31. The van der Waals surface area contributed by atoms with Crippen LogP contribution < -0.4 is 11.1 Å². The summed E-state index contributed by atoms with van der Waals surface area (Å²) in [7, 11) is 0. The largest absolute Gasteiger partial charge is 0.368 e. The van der Waals surface area contributed by atoms with Gasteiger partial charge in [-0.25, -0.2) is 0 Å². The number of nitrogens with one attached hydrogen (secondary N) is 1. The van der Waals surface area contributed by atoms with Gasteiger partial charge in [-0.2, -0.15) is 5.10 Å². The summed E-state index contributed by atoms with van der Waals surface area (Å²) in [6, 6.07) is -0.274. The standard InChI is InChI=1S/C13H24N4O/c1-5-11-9(3)16-17(10(11)4)8-7-12(13(14)18)15-6-2/h12,15H,5-8H2,1-4H3,(H2,14,18). The fourth-order valence-electron chi connectivity index (χ4n) is 2.31. The average molecular weight is 252 g/mol. The molecule has 1 aromatic rings. The molecule has 102 valence electrons. The predicted molar refractivity (Wildman–Crippen MR) is 72.4 cm³/mol. The molecule has 0 aliphatic heterocycles. The van der Waals surface area contributed by atoms with Crippen LogP contribution in [0.3, 0.4) is 0 Å². The summed E-state index contributed by atoms with van der Waals surface area (Å²) >= 11 is 0. The number of carbonyl (C=O) groups excluding carboxylic acids is 1. The molecular formula is C13H24N4O. The first-order valence-corrected chi connectivity index (χ1v) is 6.56. The molecule has 5 heteroatoms. The number of primary amides is 1. The molecule has 0 radical (unpaired) electrons. The Morgan fingerprint density at radius 3 is 2.56 bits per heavy atom. The number of nitrogens with zero attached hydrogens (tertiary/aromatic N) is 2. The highest BCUT2D eigenvalue weighted by atomic mass is 16.1. The van der Waals surface area contributed by atoms with Gasteiger partial charge in [-0.15, -0.1) is 0 Å². The normalized spacial score (nSPS) is 12.7. The van der Waals surface area contributed by atoms with Crippen molar-refractivity contribution in [1.29, 1.82) is 0 Å². The summed E-state index contributed by atoms with van der Waals surface area (Å²) in [6.07, 6.45) is 1.67. The van der Waals surface area contributed by atoms with Crippen LogP contribution in [0.5, 0.6) is 0 Å². The quantitative estimate of drug-likeness (QED) is 0.758. The van der Waals surface area contributed by atoms with E-state index in [0.717, 1.165) is 18.7 Å². The molecule has 1 unspecified atom stereocenters. The van der Waals surface area contributed by atoms with Gasteiger partial charge in [0, 0.05) is 12.2 Å². The molecule has 1 atom stereocenters. The van der Waals surface area contributed by atoms with Gasteiger partial charge >= 0.3 is 0 Å². The van der Waals surface area contributed by atoms with Crippen molar-refractivity contribution in [3.63, 3.8) is 0 Å². The molecule has 0 saturated carbocycles. The number of carbonyl (C=O) groups is 1. The number of nitrogens with two attached hydrogens (primary N) is 1. The number of likely N-dealkylation sites (N-methyl/N-ethyl adjacent to an activating group) is 1. The van der Waals surface area contributed by atoms with Crippen LogP contribution in [-0.4, -0.2) is 28.3 Å². The van der Waals surface area contributed by atoms with Gasteiger partial charge in [-0.1, -0.05) is 13.8 Å². The van der Waals surface area contributed by atoms with E-state index in [9.17, 15) is 4.79 Å². The maximum atomic E-state index is 11.3. The Balaban J connectivity index is 2.70. The second kappa shape index (κ2) is 6.54. The second-order valence-electron chi connectivity index (χ2n) is 4.53. The van der Waals surface area contributed by atoms with Gasteiger partial charge in [0.05, 0.1) is 11.7 Å². The van der Waals surface area contributed by atoms with Crippen LogP contribution in [0.25, 0.3) is 0 Å². The van der Waals surface area contributed by atoms with Crippen molar-refractivity contribution in [2.24, 2.45) is 5.73 Å². The lowest BCUT2D eigenvalue weighted by Gasteiger charge is -2.14. The van der Waals surface area contributed by atoms with E-state index >= 15 is 0 Å². The minimum atomic E-state index is -0.297. The second-order valence-corrected chi connectivity index (χ2v) is 4.53. The first-order valence-electron chi connectivity index (χ1n) is 6.56. The molecule has 1 aromatic heterocycles. The molecule has 1 heterocycles. The lowest BCUT2D eigenvalue weighted by atomic mass is 10.1. The van der Waals surface area contributed by atoms with Crippen LogP contribution in [0.2, 0.25) is 0 Å². The molecule has 1 amide bonds. The number of amides is 1. The van der Waals surface area contributed by atoms with Gasteiger partial charge in [-0.3, -0.25) is 9.48 Å². The smallest absolute Gasteiger partial charge is 0.234 e. The molecule has 0 saturated heterocycles. The third-order valence-corrected chi connectivity index (χ3v) is 3.31. The predicted octanol–water partition coefficient (Wildman–Crippen LogP) is 0.916. The Labute approximate surface area is 109 Å². The minimum absolute atomic E-state index is 0.274. The number of hydrogen-bond donors (Lipinski definition) is 2. The van der Waals surface area contributed by atoms with Crippen molar-refractivity contribution in [3.05, 3.63) is 17.0 Å². The van der Waals surface area contributed by atoms with E-state index < -0.39 is 0 Å². The zero-order valence-corrected chi connectivity index (χ0v) is 11.8. The summed E-state index contributed by atoms with van der Waals surface area (Å²) < 4.78 is 1.97. The molecule has 18 heavy (non-hydrogen) atoms. The molecule has 0 aromatic carbocycles. The van der Waals surface area contributed by atoms with Gasteiger partial charge in [0.25, 0.3) is 0 Å². The van der Waals surface area contributed by atoms with E-state index in [0.29, 0.717) is 13.0 Å². The Morgan fingerprint density at radius 2 is 2.11 bits per heavy atom. The number of hydrogen-bond acceptors (Lipinski definition) is 3. The zero-order valence-electron chi connectivity index (χ0n) is 11.8. The Morgan fingerprint density at radius 1 is 1.44 bits per heavy atom. The highest BCUT2D eigenvalue weighted by Crippen LogP contribution is 2.14. The maximum absolute atomic E-state index is 11.3. The molecule has 3 N–H and O–H groups in total. The number of aromatic nitrogens is 2. The molecule has 5 nitrogen and oxygen atoms in total. The van der Waals surface area contributed by atoms with Crippen molar-refractivity contribution >= 4 is 5.91 Å². The first-order chi connectivity index (χ1) is 8.51. The summed E-state index contributed by atoms with van der Waals surface area (Å²) in [4.78, 5) is 11.3. The summed E-state index contributed by atoms with van der Waals surface area (Å²) in [5.74, 6) is -0.297. The molecule has 0 bridgehead atoms. The lowest BCUT2D eigenvalue weighted by molar-refractivity contribution is -0.120. The number of aryl methyl sites for hydroxylation is 2. The zero-order chi connectivity index (χ0) is 13.7. The van der Waals surface area contributed by atoms with Crippen molar-refractivity contribution in [3.8, 4) is 0 Å². The topological polar surface area (TPSA) is 72.9 Å². The van der Waals surface area contributed by atoms with Crippen LogP contribution in [0.15, 0.2) is 0 Å². The van der Waals surface area contributed by atoms with Crippen molar-refractivity contribution < 1.29 is 4.79 Å². The molecular weight excluding hydrogens is 228 g/mol. The Hall–Kier alpha value is -1.36. The van der Waals surface area contributed by atoms with Gasteiger partial charge in [0.1, 0.15) is 0 Å². The minimum Gasteiger partial charge on any atom is -0.368 e. The molecule has 0 fully saturated rings. The van der Waals surface area contributed by atoms with E-state index in [2.05, 4.69) is 24.3 Å². The van der Waals surface area contributed by atoms with Crippen LogP contribution in [0.4, 0.5) is 0 Å². The monoisotopic (exact) mass is 252 g/mol. The maximum Gasteiger partial charge on any atom is 0.234 e. The third-order valence-electron chi connectivity index (χ3n) is 3.31. The first kappa shape index (κ1) is 14.7. The lowest BCUT2D eigenvalue weighted by Crippen LogP contribution is -2.41. The van der Waals surface area contributed by atoms with Crippen molar-refractivity contribution in [2.75, 3.05) is 6.54 Å². The van der Waals surface area contributed by atoms with Crippen LogP contribution in [0, 0.1) is 13.8 Å². The third kappa shape index (κ3) is 3.32. The van der Waals surface area contributed by atoms with Gasteiger partial charge < -0.3 is 11.1 Å². The molecule has 0 aliphatic rings. The summed E-state index contributed by atoms with van der Waals surface area (Å²) in [5, 5.41) is 7.60. The molecule has 0 spiro atoms. The van der Waals surface area contributed by atoms with E-state index in [1.807, 2.05) is 18.5 Å². The van der Waals surface area contributed by atoms with Crippen LogP contribution in [0.1, 0.15) is 37.2 Å². The van der Waals surface area contributed by atoms with Crippen LogP contribution in [-0.2, 0) is 17.8 Å². The van der Waals surface area contributed by atoms with Crippen molar-refractivity contribution in [1.82, 2.24) is 15.1 Å². The van der Waals surface area contributed by atoms with E-state index in [1.165, 1.54) is 11.3 Å². The Kier molecular flexibility index (Phi) is 5.34. The SMILES string of the molecule is CCNC(CCn1nc(C)c(CC)c1C)C(N)=O. The van der Waals surface area contributed by atoms with Crippen molar-refractivity contribution in [2.45, 2.75) is 53.1 Å². The van der Waals surface area contributed by atoms with E-state index in [1.54, 1.807) is 0 Å². The van der Waals surface area contributed by atoms with Gasteiger partial charge in [0.15, 0.2) is 0 Å². The Bertz CT molecular complexity index is 411. The van der Waals surface area contributed by atoms with E-state index in [4.69, 9.17) is 5.73 Å². The average Bonchev–Trinajstić information content (AvgIpc) is 2.59. The molecule has 0 aliphatic carbocycles. The fraction of sp³-hybridized carbons (Fsp3) is 0.692. The summed E-state index contributed by atoms with van der Waals surface area (Å²) in [6.45, 7) is 9.66. The van der Waals surface area contributed by atoms with Gasteiger partial charge in [-0.05, 0) is 38.8 Å². The van der Waals surface area contributed by atoms with E-state index in [-0.39, 0.29) is 11.9 Å². The van der Waals surface area contributed by atoms with Crippen LogP contribution >= 0.6 is 0 Å². The highest BCUT2D eigenvalue weighted by molar-refractivity contribution is 5.79. The summed E-state index contributed by atoms with van der Waals surface area (Å²) in [5.41, 5.74) is 8.92. The highest BCUT2D eigenvalue weighted by Gasteiger charge is 2.15.